The van der Waals surface area contributed by atoms with E-state index in [1.165, 1.54) is 167 Å². The highest BCUT2D eigenvalue weighted by Crippen LogP contribution is 2.47. The summed E-state index contributed by atoms with van der Waals surface area (Å²) in [4.78, 5) is 23.3. The number of ether oxygens (including phenoxy) is 2. The second-order valence-electron chi connectivity index (χ2n) is 19.4. The monoisotopic (exact) mass is 987 g/mol. The molecule has 0 saturated heterocycles. The van der Waals surface area contributed by atoms with Gasteiger partial charge >= 0.3 is 13.8 Å². The van der Waals surface area contributed by atoms with Crippen LogP contribution in [0.4, 0.5) is 0 Å². The van der Waals surface area contributed by atoms with Gasteiger partial charge in [0.15, 0.2) is 0 Å². The van der Waals surface area contributed by atoms with Gasteiger partial charge in [-0.05, 0) is 70.6 Å². The minimum absolute atomic E-state index is 0.0775. The minimum Gasteiger partial charge on any atom is -0.457 e. The van der Waals surface area contributed by atoms with Gasteiger partial charge in [-0.3, -0.25) is 13.8 Å². The fraction of sp³-hybridized carbons (Fsp3) is 0.873. The molecule has 0 amide bonds. The lowest BCUT2D eigenvalue weighted by Gasteiger charge is -2.41. The Hall–Kier alpha value is -1.44. The van der Waals surface area contributed by atoms with Crippen molar-refractivity contribution in [3.05, 3.63) is 36.5 Å². The van der Waals surface area contributed by atoms with Gasteiger partial charge in [0.2, 0.25) is 0 Å². The van der Waals surface area contributed by atoms with Crippen molar-refractivity contribution in [1.29, 1.82) is 0 Å². The van der Waals surface area contributed by atoms with Gasteiger partial charge in [-0.25, -0.2) is 4.57 Å². The van der Waals surface area contributed by atoms with Crippen LogP contribution in [0.2, 0.25) is 0 Å². The lowest BCUT2D eigenvalue weighted by atomic mass is 9.85. The first-order valence-electron chi connectivity index (χ1n) is 27.8. The van der Waals surface area contributed by atoms with Crippen LogP contribution in [0.15, 0.2) is 36.5 Å². The van der Waals surface area contributed by atoms with Crippen molar-refractivity contribution in [1.82, 2.24) is 0 Å². The van der Waals surface area contributed by atoms with Crippen molar-refractivity contribution in [3.8, 4) is 0 Å². The molecule has 1 aliphatic carbocycles. The van der Waals surface area contributed by atoms with E-state index in [0.29, 0.717) is 13.0 Å². The minimum atomic E-state index is -5.02. The van der Waals surface area contributed by atoms with Gasteiger partial charge in [-0.15, -0.1) is 0 Å². The Morgan fingerprint density at radius 3 is 1.25 bits per heavy atom. The molecule has 6 unspecified atom stereocenters. The van der Waals surface area contributed by atoms with Crippen LogP contribution in [0.5, 0.6) is 0 Å². The van der Waals surface area contributed by atoms with E-state index in [1.54, 1.807) is 0 Å². The molecule has 6 N–H and O–H groups in total. The molecule has 6 atom stereocenters. The quantitative estimate of drug-likeness (QED) is 0.0147. The summed E-state index contributed by atoms with van der Waals surface area (Å²) in [7, 11) is -5.02. The molecule has 1 saturated carbocycles. The third-order valence-corrected chi connectivity index (χ3v) is 14.0. The molecule has 400 valence electrons. The summed E-state index contributed by atoms with van der Waals surface area (Å²) < 4.78 is 34.4. The molecule has 68 heavy (non-hydrogen) atoms. The van der Waals surface area contributed by atoms with E-state index < -0.39 is 63.1 Å². The van der Waals surface area contributed by atoms with E-state index in [0.717, 1.165) is 51.4 Å². The molecule has 0 heterocycles. The van der Waals surface area contributed by atoms with Crippen LogP contribution in [0, 0.1) is 0 Å². The van der Waals surface area contributed by atoms with Gasteiger partial charge in [0, 0.05) is 13.0 Å². The number of aliphatic hydroxyl groups excluding tert-OH is 5. The fourth-order valence-electron chi connectivity index (χ4n) is 8.56. The van der Waals surface area contributed by atoms with Crippen molar-refractivity contribution in [2.75, 3.05) is 19.8 Å². The Morgan fingerprint density at radius 1 is 0.471 bits per heavy atom. The van der Waals surface area contributed by atoms with Crippen molar-refractivity contribution < 1.29 is 58.3 Å². The number of rotatable bonds is 48. The summed E-state index contributed by atoms with van der Waals surface area (Å²) in [6.45, 7) is 4.27. The van der Waals surface area contributed by atoms with Crippen LogP contribution >= 0.6 is 7.82 Å². The number of phosphoric acid groups is 1. The van der Waals surface area contributed by atoms with E-state index in [1.807, 2.05) is 0 Å². The van der Waals surface area contributed by atoms with E-state index in [9.17, 15) is 39.8 Å². The molecule has 0 aliphatic heterocycles. The standard InChI is InChI=1S/C55H103O12P/c1-3-5-7-9-11-13-15-17-19-21-22-23-24-25-26-27-29-31-33-35-37-39-41-43-45-64-46-48(47-65-68(62,63)67-55-53(60)51(58)50(57)52(59)54(55)61)66-49(56)44-42-40-38-36-34-32-30-28-20-18-16-14-12-10-8-6-4-2/h15,17-18,20-22,48,50-55,57-61H,3-14,16,19,23-47H2,1-2H3,(H,62,63)/b17-15-,20-18-,22-21-. The average molecular weight is 987 g/mol. The second-order valence-corrected chi connectivity index (χ2v) is 20.8. The van der Waals surface area contributed by atoms with Gasteiger partial charge in [0.25, 0.3) is 0 Å². The molecule has 0 radical (unpaired) electrons. The van der Waals surface area contributed by atoms with Crippen molar-refractivity contribution in [2.24, 2.45) is 0 Å². The topological polar surface area (TPSA) is 192 Å². The first-order chi connectivity index (χ1) is 33.0. The highest BCUT2D eigenvalue weighted by atomic mass is 31.2. The predicted octanol–water partition coefficient (Wildman–Crippen LogP) is 13.0. The van der Waals surface area contributed by atoms with Crippen molar-refractivity contribution >= 4 is 13.8 Å². The number of hydrogen-bond acceptors (Lipinski definition) is 11. The molecule has 1 aliphatic rings. The number of allylic oxidation sites excluding steroid dienone is 6. The molecular weight excluding hydrogens is 884 g/mol. The number of esters is 1. The number of hydrogen-bond donors (Lipinski definition) is 6. The first-order valence-corrected chi connectivity index (χ1v) is 29.3. The summed E-state index contributed by atoms with van der Waals surface area (Å²) in [6.07, 6.45) is 43.5. The molecule has 0 aromatic carbocycles. The number of aliphatic hydroxyl groups is 5. The molecule has 1 fully saturated rings. The number of unbranched alkanes of at least 4 members (excludes halogenated alkanes) is 30. The summed E-state index contributed by atoms with van der Waals surface area (Å²) in [5, 5.41) is 50.4. The Labute approximate surface area is 414 Å². The fourth-order valence-corrected chi connectivity index (χ4v) is 9.53. The third kappa shape index (κ3) is 36.5. The maximum atomic E-state index is 12.9. The Balaban J connectivity index is 2.29. The maximum absolute atomic E-state index is 12.9. The summed E-state index contributed by atoms with van der Waals surface area (Å²) in [6, 6.07) is 0. The molecule has 1 rings (SSSR count). The maximum Gasteiger partial charge on any atom is 0.472 e. The van der Waals surface area contributed by atoms with Crippen LogP contribution in [0.3, 0.4) is 0 Å². The van der Waals surface area contributed by atoms with Crippen LogP contribution in [0.25, 0.3) is 0 Å². The third-order valence-electron chi connectivity index (χ3n) is 13.0. The van der Waals surface area contributed by atoms with Gasteiger partial charge in [-0.1, -0.05) is 204 Å². The normalized spacial score (nSPS) is 21.4. The summed E-state index contributed by atoms with van der Waals surface area (Å²) in [5.74, 6) is -0.479. The zero-order valence-corrected chi connectivity index (χ0v) is 44.1. The van der Waals surface area contributed by atoms with E-state index in [4.69, 9.17) is 18.5 Å². The molecular formula is C55H103O12P. The zero-order chi connectivity index (χ0) is 49.8. The number of carbonyl (C=O) groups is 1. The van der Waals surface area contributed by atoms with Crippen LogP contribution in [0.1, 0.15) is 245 Å². The molecule has 0 spiro atoms. The Bertz CT molecular complexity index is 1260. The van der Waals surface area contributed by atoms with E-state index in [2.05, 4.69) is 50.3 Å². The lowest BCUT2D eigenvalue weighted by molar-refractivity contribution is -0.220. The molecule has 13 heteroatoms. The van der Waals surface area contributed by atoms with Gasteiger partial charge < -0.3 is 39.9 Å². The lowest BCUT2D eigenvalue weighted by Crippen LogP contribution is -2.64. The number of phosphoric ester groups is 1. The summed E-state index contributed by atoms with van der Waals surface area (Å²) in [5.41, 5.74) is 0. The van der Waals surface area contributed by atoms with Crippen LogP contribution in [-0.2, 0) is 27.9 Å². The Kier molecular flexibility index (Phi) is 43.1. The second kappa shape index (κ2) is 45.4. The van der Waals surface area contributed by atoms with E-state index >= 15 is 0 Å². The van der Waals surface area contributed by atoms with Gasteiger partial charge in [0.1, 0.15) is 42.7 Å². The SMILES string of the molecule is CCCCCCC/C=C\C/C=C\CCCCCCCCCCCCCCOCC(COP(=O)(O)OC1C(O)C(O)C(O)C(O)C1O)OC(=O)CCCCCCCCC/C=C\CCCCCCCC. The zero-order valence-electron chi connectivity index (χ0n) is 43.2. The molecule has 0 bridgehead atoms. The van der Waals surface area contributed by atoms with Crippen molar-refractivity contribution in [2.45, 2.75) is 288 Å². The Morgan fingerprint density at radius 2 is 0.824 bits per heavy atom. The van der Waals surface area contributed by atoms with Gasteiger partial charge in [-0.2, -0.15) is 0 Å². The van der Waals surface area contributed by atoms with Crippen LogP contribution < -0.4 is 0 Å². The smallest absolute Gasteiger partial charge is 0.457 e. The van der Waals surface area contributed by atoms with Gasteiger partial charge in [0.05, 0.1) is 13.2 Å². The number of carbonyl (C=O) groups excluding carboxylic acids is 1. The van der Waals surface area contributed by atoms with E-state index in [-0.39, 0.29) is 13.0 Å². The average Bonchev–Trinajstić information content (AvgIpc) is 3.32. The summed E-state index contributed by atoms with van der Waals surface area (Å²) >= 11 is 0. The molecule has 0 aromatic rings. The molecule has 0 aromatic heterocycles. The largest absolute Gasteiger partial charge is 0.472 e. The van der Waals surface area contributed by atoms with Crippen LogP contribution in [-0.4, -0.2) is 98.9 Å². The highest BCUT2D eigenvalue weighted by Gasteiger charge is 2.51. The molecule has 12 nitrogen and oxygen atoms in total. The van der Waals surface area contributed by atoms with Crippen molar-refractivity contribution in [3.63, 3.8) is 0 Å². The predicted molar refractivity (Wildman–Crippen MR) is 276 cm³/mol. The highest BCUT2D eigenvalue weighted by molar-refractivity contribution is 7.47. The first kappa shape index (κ1) is 64.6.